The smallest absolute Gasteiger partial charge is 0.246 e. The van der Waals surface area contributed by atoms with Crippen molar-refractivity contribution in [2.75, 3.05) is 13.1 Å². The van der Waals surface area contributed by atoms with E-state index in [0.29, 0.717) is 5.41 Å². The Labute approximate surface area is 92.3 Å². The molecular formula is C13H21NO. The summed E-state index contributed by atoms with van der Waals surface area (Å²) >= 11 is 0. The zero-order chi connectivity index (χ0) is 10.7. The molecule has 0 N–H and O–H groups in total. The van der Waals surface area contributed by atoms with Gasteiger partial charge in [-0.2, -0.15) is 0 Å². The van der Waals surface area contributed by atoms with Crippen molar-refractivity contribution in [3.05, 3.63) is 12.2 Å². The molecule has 1 spiro atoms. The van der Waals surface area contributed by atoms with Gasteiger partial charge in [0.05, 0.1) is 0 Å². The Morgan fingerprint density at radius 3 is 2.60 bits per heavy atom. The summed E-state index contributed by atoms with van der Waals surface area (Å²) < 4.78 is 0. The SMILES string of the molecule is C/C=C/C(=O)N1CCC2(CCCCC2)C1. The van der Waals surface area contributed by atoms with E-state index < -0.39 is 0 Å². The maximum atomic E-state index is 11.7. The maximum Gasteiger partial charge on any atom is 0.246 e. The fraction of sp³-hybridized carbons (Fsp3) is 0.769. The number of hydrogen-bond donors (Lipinski definition) is 0. The van der Waals surface area contributed by atoms with Crippen LogP contribution in [0.2, 0.25) is 0 Å². The molecule has 0 aromatic heterocycles. The highest BCUT2D eigenvalue weighted by Crippen LogP contribution is 2.43. The van der Waals surface area contributed by atoms with Crippen LogP contribution in [-0.2, 0) is 4.79 Å². The van der Waals surface area contributed by atoms with Gasteiger partial charge in [0.25, 0.3) is 0 Å². The first-order chi connectivity index (χ1) is 7.26. The predicted molar refractivity (Wildman–Crippen MR) is 61.5 cm³/mol. The fourth-order valence-electron chi connectivity index (χ4n) is 3.08. The second-order valence-electron chi connectivity index (χ2n) is 5.07. The molecule has 1 aliphatic carbocycles. The third-order valence-electron chi connectivity index (χ3n) is 3.97. The van der Waals surface area contributed by atoms with E-state index in [0.717, 1.165) is 13.1 Å². The summed E-state index contributed by atoms with van der Waals surface area (Å²) in [6, 6.07) is 0. The van der Waals surface area contributed by atoms with Crippen molar-refractivity contribution in [1.29, 1.82) is 0 Å². The van der Waals surface area contributed by atoms with E-state index in [1.165, 1.54) is 38.5 Å². The number of likely N-dealkylation sites (tertiary alicyclic amines) is 1. The van der Waals surface area contributed by atoms with Gasteiger partial charge in [-0.1, -0.05) is 25.3 Å². The van der Waals surface area contributed by atoms with Gasteiger partial charge < -0.3 is 4.90 Å². The average molecular weight is 207 g/mol. The molecule has 1 saturated carbocycles. The van der Waals surface area contributed by atoms with E-state index in [1.807, 2.05) is 17.9 Å². The lowest BCUT2D eigenvalue weighted by Crippen LogP contribution is -2.32. The van der Waals surface area contributed by atoms with E-state index >= 15 is 0 Å². The van der Waals surface area contributed by atoms with Crippen LogP contribution >= 0.6 is 0 Å². The number of nitrogens with zero attached hydrogens (tertiary/aromatic N) is 1. The van der Waals surface area contributed by atoms with Crippen LogP contribution in [0, 0.1) is 5.41 Å². The van der Waals surface area contributed by atoms with E-state index in [9.17, 15) is 4.79 Å². The van der Waals surface area contributed by atoms with Crippen LogP contribution in [0.4, 0.5) is 0 Å². The minimum atomic E-state index is 0.208. The molecule has 1 aliphatic heterocycles. The molecule has 0 aromatic carbocycles. The van der Waals surface area contributed by atoms with Gasteiger partial charge in [0.1, 0.15) is 0 Å². The van der Waals surface area contributed by atoms with Crippen molar-refractivity contribution < 1.29 is 4.79 Å². The molecule has 2 fully saturated rings. The van der Waals surface area contributed by atoms with Gasteiger partial charge in [0.2, 0.25) is 5.91 Å². The Morgan fingerprint density at radius 2 is 1.93 bits per heavy atom. The molecule has 84 valence electrons. The Kier molecular flexibility index (Phi) is 3.13. The lowest BCUT2D eigenvalue weighted by Gasteiger charge is -2.33. The highest BCUT2D eigenvalue weighted by Gasteiger charge is 2.39. The molecule has 0 radical (unpaired) electrons. The Bertz CT molecular complexity index is 264. The summed E-state index contributed by atoms with van der Waals surface area (Å²) in [5.74, 6) is 0.208. The van der Waals surface area contributed by atoms with Crippen molar-refractivity contribution in [3.8, 4) is 0 Å². The maximum absolute atomic E-state index is 11.7. The van der Waals surface area contributed by atoms with E-state index in [-0.39, 0.29) is 5.91 Å². The van der Waals surface area contributed by atoms with Gasteiger partial charge in [0, 0.05) is 13.1 Å². The van der Waals surface area contributed by atoms with Crippen LogP contribution in [-0.4, -0.2) is 23.9 Å². The van der Waals surface area contributed by atoms with Crippen molar-refractivity contribution in [2.45, 2.75) is 45.4 Å². The second kappa shape index (κ2) is 4.38. The van der Waals surface area contributed by atoms with Gasteiger partial charge in [-0.3, -0.25) is 4.79 Å². The molecule has 0 aromatic rings. The Morgan fingerprint density at radius 1 is 1.20 bits per heavy atom. The molecule has 0 atom stereocenters. The van der Waals surface area contributed by atoms with E-state index in [4.69, 9.17) is 0 Å². The highest BCUT2D eigenvalue weighted by atomic mass is 16.2. The summed E-state index contributed by atoms with van der Waals surface area (Å²) in [6.45, 7) is 3.89. The second-order valence-corrected chi connectivity index (χ2v) is 5.07. The number of rotatable bonds is 1. The Hall–Kier alpha value is -0.790. The Balaban J connectivity index is 1.96. The average Bonchev–Trinajstić information content (AvgIpc) is 2.64. The van der Waals surface area contributed by atoms with E-state index in [2.05, 4.69) is 0 Å². The molecule has 0 bridgehead atoms. The first kappa shape index (κ1) is 10.7. The van der Waals surface area contributed by atoms with Gasteiger partial charge in [0.15, 0.2) is 0 Å². The zero-order valence-corrected chi connectivity index (χ0v) is 9.67. The zero-order valence-electron chi connectivity index (χ0n) is 9.67. The van der Waals surface area contributed by atoms with Crippen LogP contribution in [0.3, 0.4) is 0 Å². The standard InChI is InChI=1S/C13H21NO/c1-2-6-12(15)14-10-9-13(11-14)7-4-3-5-8-13/h2,6H,3-5,7-11H2,1H3/b6-2+. The molecule has 1 saturated heterocycles. The van der Waals surface area contributed by atoms with Crippen molar-refractivity contribution in [1.82, 2.24) is 4.90 Å². The summed E-state index contributed by atoms with van der Waals surface area (Å²) in [4.78, 5) is 13.7. The van der Waals surface area contributed by atoms with Gasteiger partial charge in [-0.05, 0) is 37.7 Å². The highest BCUT2D eigenvalue weighted by molar-refractivity contribution is 5.87. The fourth-order valence-corrected chi connectivity index (χ4v) is 3.08. The van der Waals surface area contributed by atoms with Gasteiger partial charge in [-0.15, -0.1) is 0 Å². The number of carbonyl (C=O) groups excluding carboxylic acids is 1. The number of carbonyl (C=O) groups is 1. The van der Waals surface area contributed by atoms with Gasteiger partial charge >= 0.3 is 0 Å². The lowest BCUT2D eigenvalue weighted by molar-refractivity contribution is -0.125. The third-order valence-corrected chi connectivity index (χ3v) is 3.97. The first-order valence-electron chi connectivity index (χ1n) is 6.17. The molecule has 2 nitrogen and oxygen atoms in total. The van der Waals surface area contributed by atoms with Crippen LogP contribution < -0.4 is 0 Å². The number of allylic oxidation sites excluding steroid dienone is 1. The van der Waals surface area contributed by atoms with Crippen LogP contribution in [0.15, 0.2) is 12.2 Å². The van der Waals surface area contributed by atoms with Crippen molar-refractivity contribution in [3.63, 3.8) is 0 Å². The molecule has 15 heavy (non-hydrogen) atoms. The molecule has 0 unspecified atom stereocenters. The largest absolute Gasteiger partial charge is 0.339 e. The molecule has 1 heterocycles. The van der Waals surface area contributed by atoms with Crippen LogP contribution in [0.5, 0.6) is 0 Å². The predicted octanol–water partition coefficient (Wildman–Crippen LogP) is 2.75. The summed E-state index contributed by atoms with van der Waals surface area (Å²) in [6.07, 6.45) is 11.6. The van der Waals surface area contributed by atoms with Gasteiger partial charge in [-0.25, -0.2) is 0 Å². The van der Waals surface area contributed by atoms with E-state index in [1.54, 1.807) is 6.08 Å². The summed E-state index contributed by atoms with van der Waals surface area (Å²) in [5.41, 5.74) is 0.496. The monoisotopic (exact) mass is 207 g/mol. The lowest BCUT2D eigenvalue weighted by atomic mass is 9.73. The van der Waals surface area contributed by atoms with Crippen molar-refractivity contribution >= 4 is 5.91 Å². The number of hydrogen-bond acceptors (Lipinski definition) is 1. The summed E-state index contributed by atoms with van der Waals surface area (Å²) in [7, 11) is 0. The van der Waals surface area contributed by atoms with Crippen molar-refractivity contribution in [2.24, 2.45) is 5.41 Å². The normalized spacial score (nSPS) is 25.3. The third kappa shape index (κ3) is 2.24. The molecule has 2 rings (SSSR count). The summed E-state index contributed by atoms with van der Waals surface area (Å²) in [5, 5.41) is 0. The quantitative estimate of drug-likeness (QED) is 0.605. The first-order valence-corrected chi connectivity index (χ1v) is 6.17. The van der Waals surface area contributed by atoms with Crippen LogP contribution in [0.1, 0.15) is 45.4 Å². The minimum absolute atomic E-state index is 0.208. The number of amides is 1. The molecule has 2 heteroatoms. The topological polar surface area (TPSA) is 20.3 Å². The van der Waals surface area contributed by atoms with Crippen LogP contribution in [0.25, 0.3) is 0 Å². The molecular weight excluding hydrogens is 186 g/mol. The molecule has 1 amide bonds. The minimum Gasteiger partial charge on any atom is -0.339 e. The molecule has 2 aliphatic rings.